The van der Waals surface area contributed by atoms with E-state index in [9.17, 15) is 0 Å². The molecule has 2 aromatic heterocycles. The van der Waals surface area contributed by atoms with Crippen LogP contribution in [-0.2, 0) is 0 Å². The summed E-state index contributed by atoms with van der Waals surface area (Å²) in [5.41, 5.74) is 7.02. The van der Waals surface area contributed by atoms with Crippen molar-refractivity contribution in [1.29, 1.82) is 0 Å². The predicted molar refractivity (Wildman–Crippen MR) is 77.4 cm³/mol. The molecule has 3 rings (SSSR count). The molecule has 0 spiro atoms. The van der Waals surface area contributed by atoms with Crippen molar-refractivity contribution in [3.05, 3.63) is 46.6 Å². The molecule has 0 saturated heterocycles. The number of aromatic nitrogens is 3. The predicted octanol–water partition coefficient (Wildman–Crippen LogP) is 3.69. The van der Waals surface area contributed by atoms with Gasteiger partial charge in [0.2, 0.25) is 5.82 Å². The van der Waals surface area contributed by atoms with E-state index in [-0.39, 0.29) is 0 Å². The normalized spacial score (nSPS) is 10.7. The Morgan fingerprint density at radius 1 is 1.10 bits per heavy atom. The average molecular weight is 307 g/mol. The topological polar surface area (TPSA) is 77.8 Å². The first kappa shape index (κ1) is 12.9. The van der Waals surface area contributed by atoms with Crippen molar-refractivity contribution in [3.63, 3.8) is 0 Å². The quantitative estimate of drug-likeness (QED) is 0.781. The van der Waals surface area contributed by atoms with Crippen molar-refractivity contribution in [2.45, 2.75) is 0 Å². The van der Waals surface area contributed by atoms with Gasteiger partial charge in [-0.05, 0) is 30.3 Å². The third kappa shape index (κ3) is 2.45. The summed E-state index contributed by atoms with van der Waals surface area (Å²) in [7, 11) is 0. The van der Waals surface area contributed by atoms with E-state index in [1.807, 2.05) is 0 Å². The summed E-state index contributed by atoms with van der Waals surface area (Å²) in [5, 5.41) is 4.90. The lowest BCUT2D eigenvalue weighted by Gasteiger charge is -1.98. The molecule has 0 amide bonds. The molecule has 0 radical (unpaired) electrons. The van der Waals surface area contributed by atoms with Crippen LogP contribution in [0, 0.1) is 0 Å². The molecule has 5 nitrogen and oxygen atoms in total. The summed E-state index contributed by atoms with van der Waals surface area (Å²) in [6.07, 6.45) is 1.59. The highest BCUT2D eigenvalue weighted by Crippen LogP contribution is 2.28. The summed E-state index contributed by atoms with van der Waals surface area (Å²) in [4.78, 5) is 8.25. The van der Waals surface area contributed by atoms with Gasteiger partial charge in [-0.3, -0.25) is 0 Å². The summed E-state index contributed by atoms with van der Waals surface area (Å²) in [5.74, 6) is 1.00. The van der Waals surface area contributed by atoms with Crippen LogP contribution < -0.4 is 5.73 Å². The first-order valence-electron chi connectivity index (χ1n) is 5.64. The second-order valence-electron chi connectivity index (χ2n) is 4.02. The Morgan fingerprint density at radius 3 is 2.55 bits per heavy atom. The van der Waals surface area contributed by atoms with Crippen molar-refractivity contribution in [2.75, 3.05) is 5.73 Å². The fraction of sp³-hybridized carbons (Fsp3) is 0. The van der Waals surface area contributed by atoms with Crippen LogP contribution in [0.4, 0.5) is 5.82 Å². The number of hydrogen-bond donors (Lipinski definition) is 1. The zero-order chi connectivity index (χ0) is 14.1. The highest BCUT2D eigenvalue weighted by molar-refractivity contribution is 6.35. The molecular weight excluding hydrogens is 299 g/mol. The monoisotopic (exact) mass is 306 g/mol. The number of rotatable bonds is 2. The highest BCUT2D eigenvalue weighted by Gasteiger charge is 2.14. The van der Waals surface area contributed by atoms with Crippen LogP contribution in [0.15, 0.2) is 41.1 Å². The Hall–Kier alpha value is -2.11. The third-order valence-corrected chi connectivity index (χ3v) is 3.05. The second-order valence-corrected chi connectivity index (χ2v) is 4.89. The first-order chi connectivity index (χ1) is 9.63. The molecule has 100 valence electrons. The Balaban J connectivity index is 2.04. The van der Waals surface area contributed by atoms with E-state index in [2.05, 4.69) is 15.1 Å². The van der Waals surface area contributed by atoms with Gasteiger partial charge >= 0.3 is 0 Å². The SMILES string of the molecule is Nc1ncccc1-c1nc(-c2cc(Cl)cc(Cl)c2)no1. The third-order valence-electron chi connectivity index (χ3n) is 2.62. The molecule has 0 unspecified atom stereocenters. The van der Waals surface area contributed by atoms with Crippen molar-refractivity contribution < 1.29 is 4.52 Å². The average Bonchev–Trinajstić information content (AvgIpc) is 2.87. The molecular formula is C13H8Cl2N4O. The van der Waals surface area contributed by atoms with Gasteiger partial charge in [0.1, 0.15) is 5.82 Å². The molecule has 7 heteroatoms. The van der Waals surface area contributed by atoms with Crippen LogP contribution in [0.3, 0.4) is 0 Å². The van der Waals surface area contributed by atoms with Crippen LogP contribution in [0.25, 0.3) is 22.8 Å². The number of pyridine rings is 1. The molecule has 0 atom stereocenters. The van der Waals surface area contributed by atoms with E-state index in [1.165, 1.54) is 0 Å². The van der Waals surface area contributed by atoms with Gasteiger partial charge in [-0.15, -0.1) is 0 Å². The lowest BCUT2D eigenvalue weighted by atomic mass is 10.2. The Morgan fingerprint density at radius 2 is 1.85 bits per heavy atom. The van der Waals surface area contributed by atoms with Gasteiger partial charge in [-0.2, -0.15) is 4.98 Å². The van der Waals surface area contributed by atoms with E-state index >= 15 is 0 Å². The molecule has 20 heavy (non-hydrogen) atoms. The number of halogens is 2. The lowest BCUT2D eigenvalue weighted by molar-refractivity contribution is 0.432. The Bertz CT molecular complexity index is 752. The number of anilines is 1. The minimum atomic E-state index is 0.293. The maximum atomic E-state index is 5.95. The van der Waals surface area contributed by atoms with Gasteiger partial charge in [-0.25, -0.2) is 4.98 Å². The summed E-state index contributed by atoms with van der Waals surface area (Å²) >= 11 is 11.9. The van der Waals surface area contributed by atoms with Crippen LogP contribution in [0.1, 0.15) is 0 Å². The fourth-order valence-electron chi connectivity index (χ4n) is 1.73. The molecule has 0 fully saturated rings. The molecule has 0 bridgehead atoms. The molecule has 1 aromatic carbocycles. The van der Waals surface area contributed by atoms with E-state index in [0.717, 1.165) is 0 Å². The van der Waals surface area contributed by atoms with E-state index in [0.29, 0.717) is 38.7 Å². The van der Waals surface area contributed by atoms with Crippen molar-refractivity contribution >= 4 is 29.0 Å². The summed E-state index contributed by atoms with van der Waals surface area (Å²) in [6.45, 7) is 0. The lowest BCUT2D eigenvalue weighted by Crippen LogP contribution is -1.93. The molecule has 0 aliphatic rings. The number of nitrogens with zero attached hydrogens (tertiary/aromatic N) is 3. The van der Waals surface area contributed by atoms with Gasteiger partial charge in [0, 0.05) is 21.8 Å². The van der Waals surface area contributed by atoms with E-state index in [1.54, 1.807) is 36.5 Å². The van der Waals surface area contributed by atoms with Crippen LogP contribution in [0.5, 0.6) is 0 Å². The summed E-state index contributed by atoms with van der Waals surface area (Å²) < 4.78 is 5.20. The standard InChI is InChI=1S/C13H8Cl2N4O/c14-8-4-7(5-9(15)6-8)12-18-13(20-19-12)10-2-1-3-17-11(10)16/h1-6H,(H2,16,17). The zero-order valence-electron chi connectivity index (χ0n) is 10.0. The van der Waals surface area contributed by atoms with Crippen molar-refractivity contribution in [3.8, 4) is 22.8 Å². The smallest absolute Gasteiger partial charge is 0.261 e. The zero-order valence-corrected chi connectivity index (χ0v) is 11.6. The minimum Gasteiger partial charge on any atom is -0.383 e. The second kappa shape index (κ2) is 5.11. The summed E-state index contributed by atoms with van der Waals surface area (Å²) in [6, 6.07) is 8.53. The van der Waals surface area contributed by atoms with Crippen molar-refractivity contribution in [1.82, 2.24) is 15.1 Å². The van der Waals surface area contributed by atoms with Gasteiger partial charge in [0.05, 0.1) is 5.56 Å². The number of nitrogens with two attached hydrogens (primary N) is 1. The first-order valence-corrected chi connectivity index (χ1v) is 6.40. The highest BCUT2D eigenvalue weighted by atomic mass is 35.5. The van der Waals surface area contributed by atoms with Crippen molar-refractivity contribution in [2.24, 2.45) is 0 Å². The van der Waals surface area contributed by atoms with Gasteiger partial charge in [-0.1, -0.05) is 28.4 Å². The number of benzene rings is 1. The maximum absolute atomic E-state index is 5.95. The Kier molecular flexibility index (Phi) is 3.30. The molecule has 0 aliphatic heterocycles. The fourth-order valence-corrected chi connectivity index (χ4v) is 2.26. The van der Waals surface area contributed by atoms with Crippen LogP contribution in [0.2, 0.25) is 10.0 Å². The Labute approximate surface area is 124 Å². The maximum Gasteiger partial charge on any atom is 0.261 e. The van der Waals surface area contributed by atoms with E-state index < -0.39 is 0 Å². The molecule has 3 aromatic rings. The van der Waals surface area contributed by atoms with Gasteiger partial charge < -0.3 is 10.3 Å². The van der Waals surface area contributed by atoms with E-state index in [4.69, 9.17) is 33.5 Å². The molecule has 0 saturated carbocycles. The van der Waals surface area contributed by atoms with Crippen LogP contribution >= 0.6 is 23.2 Å². The largest absolute Gasteiger partial charge is 0.383 e. The van der Waals surface area contributed by atoms with Gasteiger partial charge in [0.25, 0.3) is 5.89 Å². The van der Waals surface area contributed by atoms with Crippen LogP contribution in [-0.4, -0.2) is 15.1 Å². The number of nitrogen functional groups attached to an aromatic ring is 1. The molecule has 2 heterocycles. The minimum absolute atomic E-state index is 0.293. The molecule has 2 N–H and O–H groups in total. The van der Waals surface area contributed by atoms with Gasteiger partial charge in [0.15, 0.2) is 0 Å². The molecule has 0 aliphatic carbocycles. The number of hydrogen-bond acceptors (Lipinski definition) is 5.